The summed E-state index contributed by atoms with van der Waals surface area (Å²) < 4.78 is 23.5. The Morgan fingerprint density at radius 3 is 2.61 bits per heavy atom. The zero-order valence-electron chi connectivity index (χ0n) is 17.7. The number of hydrogen-bond acceptors (Lipinski definition) is 4. The summed E-state index contributed by atoms with van der Waals surface area (Å²) in [5.41, 5.74) is 1.81. The fourth-order valence-electron chi connectivity index (χ4n) is 3.62. The first-order valence-electron chi connectivity index (χ1n) is 9.69. The Hall–Kier alpha value is -0.870. The van der Waals surface area contributed by atoms with Gasteiger partial charge in [-0.15, -0.1) is 24.0 Å². The van der Waals surface area contributed by atoms with Gasteiger partial charge in [0.05, 0.1) is 4.90 Å². The topological polar surface area (TPSA) is 73.8 Å². The van der Waals surface area contributed by atoms with E-state index in [1.165, 1.54) is 25.6 Å². The molecule has 2 N–H and O–H groups in total. The van der Waals surface area contributed by atoms with Crippen LogP contribution in [0.4, 0.5) is 0 Å². The van der Waals surface area contributed by atoms with Gasteiger partial charge in [-0.3, -0.25) is 4.99 Å². The first-order chi connectivity index (χ1) is 12.7. The average Bonchev–Trinajstić information content (AvgIpc) is 2.61. The second kappa shape index (κ2) is 11.3. The Bertz CT molecular complexity index is 765. The summed E-state index contributed by atoms with van der Waals surface area (Å²) in [5, 5.41) is 6.76. The molecule has 0 amide bonds. The third-order valence-corrected chi connectivity index (χ3v) is 6.42. The van der Waals surface area contributed by atoms with Crippen LogP contribution in [0.5, 0.6) is 0 Å². The zero-order valence-corrected chi connectivity index (χ0v) is 20.8. The number of guanidine groups is 1. The van der Waals surface area contributed by atoms with Gasteiger partial charge in [-0.05, 0) is 63.3 Å². The van der Waals surface area contributed by atoms with Gasteiger partial charge >= 0.3 is 0 Å². The van der Waals surface area contributed by atoms with Crippen LogP contribution in [0.1, 0.15) is 37.8 Å². The van der Waals surface area contributed by atoms with E-state index in [-0.39, 0.29) is 24.0 Å². The number of aryl methyl sites for hydroxylation is 1. The molecule has 0 bridgehead atoms. The standard InChI is InChI=1S/C20H34N4O2S.HI/c1-15(2)24-10-6-7-18(14-24)13-23-20(21-4)22-12-17-8-9-19(16(3)11-17)27(5,25)26;/h8-9,11,15,18H,6-7,10,12-14H2,1-5H3,(H2,21,22,23);1H. The predicted octanol–water partition coefficient (Wildman–Crippen LogP) is 2.80. The predicted molar refractivity (Wildman–Crippen MR) is 127 cm³/mol. The molecule has 2 rings (SSSR count). The lowest BCUT2D eigenvalue weighted by Crippen LogP contribution is -2.45. The molecule has 0 saturated carbocycles. The molecule has 1 saturated heterocycles. The lowest BCUT2D eigenvalue weighted by atomic mass is 9.97. The van der Waals surface area contributed by atoms with Gasteiger partial charge in [-0.2, -0.15) is 0 Å². The zero-order chi connectivity index (χ0) is 20.0. The van der Waals surface area contributed by atoms with E-state index in [0.29, 0.717) is 23.4 Å². The lowest BCUT2D eigenvalue weighted by Gasteiger charge is -2.35. The van der Waals surface area contributed by atoms with Gasteiger partial charge < -0.3 is 15.5 Å². The second-order valence-corrected chi connectivity index (χ2v) is 9.76. The summed E-state index contributed by atoms with van der Waals surface area (Å²) in [7, 11) is -1.41. The summed E-state index contributed by atoms with van der Waals surface area (Å²) in [6.45, 7) is 10.2. The van der Waals surface area contributed by atoms with Crippen molar-refractivity contribution in [3.8, 4) is 0 Å². The maximum atomic E-state index is 11.7. The van der Waals surface area contributed by atoms with Crippen LogP contribution in [0.3, 0.4) is 0 Å². The molecule has 1 unspecified atom stereocenters. The second-order valence-electron chi connectivity index (χ2n) is 7.78. The summed E-state index contributed by atoms with van der Waals surface area (Å²) in [4.78, 5) is 7.24. The SMILES string of the molecule is CN=C(NCc1ccc(S(C)(=O)=O)c(C)c1)NCC1CCCN(C(C)C)C1.I. The third-order valence-electron chi connectivity index (χ3n) is 5.16. The van der Waals surface area contributed by atoms with E-state index in [2.05, 4.69) is 34.4 Å². The van der Waals surface area contributed by atoms with Gasteiger partial charge in [0, 0.05) is 39.0 Å². The van der Waals surface area contributed by atoms with Crippen molar-refractivity contribution in [2.24, 2.45) is 10.9 Å². The molecule has 1 fully saturated rings. The van der Waals surface area contributed by atoms with Gasteiger partial charge in [-0.1, -0.05) is 12.1 Å². The Morgan fingerprint density at radius 2 is 2.04 bits per heavy atom. The monoisotopic (exact) mass is 522 g/mol. The molecule has 0 radical (unpaired) electrons. The normalized spacial score (nSPS) is 18.6. The quantitative estimate of drug-likeness (QED) is 0.342. The minimum atomic E-state index is -3.18. The van der Waals surface area contributed by atoms with E-state index in [0.717, 1.165) is 30.2 Å². The number of benzene rings is 1. The smallest absolute Gasteiger partial charge is 0.191 e. The Balaban J connectivity index is 0.00000392. The highest BCUT2D eigenvalue weighted by Crippen LogP contribution is 2.18. The molecule has 0 spiro atoms. The maximum absolute atomic E-state index is 11.7. The fourth-order valence-corrected chi connectivity index (χ4v) is 4.58. The van der Waals surface area contributed by atoms with Crippen LogP contribution in [0.25, 0.3) is 0 Å². The third kappa shape index (κ3) is 7.51. The van der Waals surface area contributed by atoms with Gasteiger partial charge in [0.2, 0.25) is 0 Å². The largest absolute Gasteiger partial charge is 0.356 e. The molecule has 0 aliphatic carbocycles. The van der Waals surface area contributed by atoms with E-state index in [1.54, 1.807) is 13.1 Å². The summed E-state index contributed by atoms with van der Waals surface area (Å²) in [6, 6.07) is 6.05. The minimum absolute atomic E-state index is 0. The molecule has 1 atom stereocenters. The Labute approximate surface area is 187 Å². The molecule has 1 aliphatic rings. The van der Waals surface area contributed by atoms with Crippen molar-refractivity contribution in [1.29, 1.82) is 0 Å². The molecule has 0 aromatic heterocycles. The number of halogens is 1. The lowest BCUT2D eigenvalue weighted by molar-refractivity contribution is 0.141. The van der Waals surface area contributed by atoms with Gasteiger partial charge in [-0.25, -0.2) is 8.42 Å². The van der Waals surface area contributed by atoms with Crippen molar-refractivity contribution in [2.75, 3.05) is 32.9 Å². The van der Waals surface area contributed by atoms with Crippen molar-refractivity contribution in [3.05, 3.63) is 29.3 Å². The first-order valence-corrected chi connectivity index (χ1v) is 11.6. The van der Waals surface area contributed by atoms with Gasteiger partial charge in [0.15, 0.2) is 15.8 Å². The summed E-state index contributed by atoms with van der Waals surface area (Å²) in [5.74, 6) is 1.41. The Morgan fingerprint density at radius 1 is 1.32 bits per heavy atom. The van der Waals surface area contributed by atoms with Crippen molar-refractivity contribution < 1.29 is 8.42 Å². The number of aliphatic imine (C=N–C) groups is 1. The highest BCUT2D eigenvalue weighted by molar-refractivity contribution is 14.0. The van der Waals surface area contributed by atoms with E-state index in [1.807, 2.05) is 19.1 Å². The number of nitrogens with zero attached hydrogens (tertiary/aromatic N) is 2. The van der Waals surface area contributed by atoms with Gasteiger partial charge in [0.25, 0.3) is 0 Å². The van der Waals surface area contributed by atoms with E-state index in [9.17, 15) is 8.42 Å². The van der Waals surface area contributed by atoms with E-state index >= 15 is 0 Å². The number of likely N-dealkylation sites (tertiary alicyclic amines) is 1. The molecule has 1 aliphatic heterocycles. The van der Waals surface area contributed by atoms with Crippen molar-refractivity contribution >= 4 is 39.8 Å². The van der Waals surface area contributed by atoms with Crippen molar-refractivity contribution in [2.45, 2.75) is 51.1 Å². The molecular formula is C20H35IN4O2S. The van der Waals surface area contributed by atoms with E-state index in [4.69, 9.17) is 0 Å². The van der Waals surface area contributed by atoms with Crippen LogP contribution < -0.4 is 10.6 Å². The molecule has 28 heavy (non-hydrogen) atoms. The van der Waals surface area contributed by atoms with E-state index < -0.39 is 9.84 Å². The van der Waals surface area contributed by atoms with Gasteiger partial charge in [0.1, 0.15) is 0 Å². The summed E-state index contributed by atoms with van der Waals surface area (Å²) in [6.07, 6.45) is 3.74. The highest BCUT2D eigenvalue weighted by atomic mass is 127. The highest BCUT2D eigenvalue weighted by Gasteiger charge is 2.21. The van der Waals surface area contributed by atoms with Crippen LogP contribution in [-0.2, 0) is 16.4 Å². The number of rotatable bonds is 6. The van der Waals surface area contributed by atoms with Crippen LogP contribution in [0, 0.1) is 12.8 Å². The number of piperidine rings is 1. The summed E-state index contributed by atoms with van der Waals surface area (Å²) >= 11 is 0. The van der Waals surface area contributed by atoms with Crippen LogP contribution in [0.2, 0.25) is 0 Å². The molecule has 1 aromatic carbocycles. The molecule has 160 valence electrons. The molecule has 6 nitrogen and oxygen atoms in total. The van der Waals surface area contributed by atoms with Crippen molar-refractivity contribution in [1.82, 2.24) is 15.5 Å². The van der Waals surface area contributed by atoms with Crippen molar-refractivity contribution in [3.63, 3.8) is 0 Å². The number of sulfone groups is 1. The first kappa shape index (κ1) is 25.2. The molecule has 8 heteroatoms. The number of nitrogens with one attached hydrogen (secondary N) is 2. The van der Waals surface area contributed by atoms with Crippen LogP contribution in [-0.4, -0.2) is 58.3 Å². The fraction of sp³-hybridized carbons (Fsp3) is 0.650. The maximum Gasteiger partial charge on any atom is 0.191 e. The Kier molecular flexibility index (Phi) is 10.2. The van der Waals surface area contributed by atoms with Crippen LogP contribution >= 0.6 is 24.0 Å². The number of hydrogen-bond donors (Lipinski definition) is 2. The molecule has 1 aromatic rings. The minimum Gasteiger partial charge on any atom is -0.356 e. The van der Waals surface area contributed by atoms with Crippen LogP contribution in [0.15, 0.2) is 28.1 Å². The molecule has 1 heterocycles. The molecular weight excluding hydrogens is 487 g/mol. The average molecular weight is 522 g/mol.